The normalized spacial score (nSPS) is 12.3. The second kappa shape index (κ2) is 6.25. The van der Waals surface area contributed by atoms with Gasteiger partial charge in [-0.1, -0.05) is 12.1 Å². The highest BCUT2D eigenvalue weighted by Crippen LogP contribution is 2.25. The van der Waals surface area contributed by atoms with Crippen molar-refractivity contribution in [1.82, 2.24) is 4.90 Å². The summed E-state index contributed by atoms with van der Waals surface area (Å²) in [5.74, 6) is -0.255. The van der Waals surface area contributed by atoms with E-state index < -0.39 is 12.0 Å². The van der Waals surface area contributed by atoms with Gasteiger partial charge in [0, 0.05) is 12.1 Å². The predicted octanol–water partition coefficient (Wildman–Crippen LogP) is 2.55. The van der Waals surface area contributed by atoms with Gasteiger partial charge in [0.05, 0.1) is 19.6 Å². The molecule has 0 amide bonds. The van der Waals surface area contributed by atoms with Crippen LogP contribution in [0.15, 0.2) is 47.3 Å². The number of likely N-dealkylation sites (N-methyl/N-ethyl adjacent to an activating group) is 1. The molecule has 20 heavy (non-hydrogen) atoms. The first-order valence-corrected chi connectivity index (χ1v) is 6.20. The first kappa shape index (κ1) is 14.1. The van der Waals surface area contributed by atoms with Crippen LogP contribution < -0.4 is 4.74 Å². The van der Waals surface area contributed by atoms with Gasteiger partial charge in [-0.2, -0.15) is 0 Å². The van der Waals surface area contributed by atoms with E-state index in [1.165, 1.54) is 0 Å². The van der Waals surface area contributed by atoms with Gasteiger partial charge in [0.25, 0.3) is 0 Å². The number of ether oxygens (including phenoxy) is 1. The van der Waals surface area contributed by atoms with Crippen LogP contribution in [0.2, 0.25) is 0 Å². The van der Waals surface area contributed by atoms with E-state index in [0.29, 0.717) is 17.9 Å². The van der Waals surface area contributed by atoms with Gasteiger partial charge in [-0.25, -0.2) is 0 Å². The number of hydrogen-bond donors (Lipinski definition) is 1. The lowest BCUT2D eigenvalue weighted by atomic mass is 10.0. The molecule has 106 valence electrons. The third-order valence-corrected chi connectivity index (χ3v) is 3.10. The Morgan fingerprint density at radius 1 is 1.45 bits per heavy atom. The highest BCUT2D eigenvalue weighted by Gasteiger charge is 2.25. The molecule has 2 rings (SSSR count). The standard InChI is InChI=1S/C15H17NO4/c1-16(9-11-6-7-20-10-11)14(15(17)18)12-4-3-5-13(8-12)19-2/h3-8,10,14H,9H2,1-2H3,(H,17,18). The number of carboxylic acid groups (broad SMARTS) is 1. The molecule has 5 nitrogen and oxygen atoms in total. The van der Waals surface area contributed by atoms with Crippen molar-refractivity contribution in [3.63, 3.8) is 0 Å². The second-order valence-corrected chi connectivity index (χ2v) is 4.56. The maximum absolute atomic E-state index is 11.6. The minimum Gasteiger partial charge on any atom is -0.497 e. The van der Waals surface area contributed by atoms with E-state index in [9.17, 15) is 9.90 Å². The van der Waals surface area contributed by atoms with E-state index in [4.69, 9.17) is 9.15 Å². The molecule has 1 aromatic carbocycles. The Balaban J connectivity index is 2.23. The van der Waals surface area contributed by atoms with Crippen LogP contribution >= 0.6 is 0 Å². The SMILES string of the molecule is COc1cccc(C(C(=O)O)N(C)Cc2ccoc2)c1. The summed E-state index contributed by atoms with van der Waals surface area (Å²) in [6.45, 7) is 0.491. The Labute approximate surface area is 117 Å². The number of methoxy groups -OCH3 is 1. The van der Waals surface area contributed by atoms with Gasteiger partial charge < -0.3 is 14.3 Å². The molecule has 2 aromatic rings. The fourth-order valence-electron chi connectivity index (χ4n) is 2.16. The summed E-state index contributed by atoms with van der Waals surface area (Å²) in [5.41, 5.74) is 1.62. The van der Waals surface area contributed by atoms with E-state index >= 15 is 0 Å². The minimum absolute atomic E-state index is 0.491. The van der Waals surface area contributed by atoms with Crippen LogP contribution in [0.1, 0.15) is 17.2 Å². The lowest BCUT2D eigenvalue weighted by Crippen LogP contribution is -2.30. The number of nitrogens with zero attached hydrogens (tertiary/aromatic N) is 1. The number of hydrogen-bond acceptors (Lipinski definition) is 4. The second-order valence-electron chi connectivity index (χ2n) is 4.56. The summed E-state index contributed by atoms with van der Waals surface area (Å²) in [7, 11) is 3.33. The topological polar surface area (TPSA) is 62.9 Å². The summed E-state index contributed by atoms with van der Waals surface area (Å²) >= 11 is 0. The van der Waals surface area contributed by atoms with Crippen molar-refractivity contribution in [3.05, 3.63) is 54.0 Å². The molecule has 1 unspecified atom stereocenters. The van der Waals surface area contributed by atoms with Gasteiger partial charge in [0.2, 0.25) is 0 Å². The molecule has 0 spiro atoms. The molecule has 0 aliphatic heterocycles. The molecule has 1 heterocycles. The first-order valence-electron chi connectivity index (χ1n) is 6.20. The lowest BCUT2D eigenvalue weighted by Gasteiger charge is -2.24. The number of rotatable bonds is 6. The summed E-state index contributed by atoms with van der Waals surface area (Å²) in [6, 6.07) is 8.19. The molecule has 1 atom stereocenters. The number of aliphatic carboxylic acids is 1. The fraction of sp³-hybridized carbons (Fsp3) is 0.267. The smallest absolute Gasteiger partial charge is 0.325 e. The highest BCUT2D eigenvalue weighted by molar-refractivity contribution is 5.75. The average Bonchev–Trinajstić information content (AvgIpc) is 2.91. The van der Waals surface area contributed by atoms with Gasteiger partial charge >= 0.3 is 5.97 Å². The third kappa shape index (κ3) is 3.19. The molecular formula is C15H17NO4. The van der Waals surface area contributed by atoms with Crippen molar-refractivity contribution >= 4 is 5.97 Å². The van der Waals surface area contributed by atoms with Gasteiger partial charge in [0.1, 0.15) is 11.8 Å². The number of benzene rings is 1. The summed E-state index contributed by atoms with van der Waals surface area (Å²) in [4.78, 5) is 13.3. The Morgan fingerprint density at radius 2 is 2.25 bits per heavy atom. The highest BCUT2D eigenvalue weighted by atomic mass is 16.5. The summed E-state index contributed by atoms with van der Waals surface area (Å²) in [5, 5.41) is 9.48. The minimum atomic E-state index is -0.899. The van der Waals surface area contributed by atoms with E-state index in [1.54, 1.807) is 55.8 Å². The molecule has 1 N–H and O–H groups in total. The number of carboxylic acids is 1. The zero-order chi connectivity index (χ0) is 14.5. The molecule has 0 radical (unpaired) electrons. The summed E-state index contributed by atoms with van der Waals surface area (Å²) < 4.78 is 10.1. The van der Waals surface area contributed by atoms with Crippen molar-refractivity contribution in [2.24, 2.45) is 0 Å². The van der Waals surface area contributed by atoms with Gasteiger partial charge in [-0.05, 0) is 30.8 Å². The van der Waals surface area contributed by atoms with E-state index in [2.05, 4.69) is 0 Å². The zero-order valence-corrected chi connectivity index (χ0v) is 11.4. The van der Waals surface area contributed by atoms with Crippen LogP contribution in [0.5, 0.6) is 5.75 Å². The Hall–Kier alpha value is -2.27. The van der Waals surface area contributed by atoms with Crippen molar-refractivity contribution in [2.75, 3.05) is 14.2 Å². The molecule has 0 fully saturated rings. The zero-order valence-electron chi connectivity index (χ0n) is 11.4. The largest absolute Gasteiger partial charge is 0.497 e. The molecular weight excluding hydrogens is 258 g/mol. The van der Waals surface area contributed by atoms with Crippen LogP contribution in [0.4, 0.5) is 0 Å². The van der Waals surface area contributed by atoms with E-state index in [0.717, 1.165) is 5.56 Å². The molecule has 1 aromatic heterocycles. The fourth-order valence-corrected chi connectivity index (χ4v) is 2.16. The quantitative estimate of drug-likeness (QED) is 0.877. The van der Waals surface area contributed by atoms with Crippen molar-refractivity contribution in [1.29, 1.82) is 0 Å². The third-order valence-electron chi connectivity index (χ3n) is 3.10. The van der Waals surface area contributed by atoms with Crippen molar-refractivity contribution in [3.8, 4) is 5.75 Å². The number of carbonyl (C=O) groups is 1. The van der Waals surface area contributed by atoms with Gasteiger partial charge in [0.15, 0.2) is 0 Å². The van der Waals surface area contributed by atoms with Gasteiger partial charge in [-0.3, -0.25) is 9.69 Å². The Morgan fingerprint density at radius 3 is 2.85 bits per heavy atom. The van der Waals surface area contributed by atoms with E-state index in [-0.39, 0.29) is 0 Å². The molecule has 0 aliphatic rings. The van der Waals surface area contributed by atoms with E-state index in [1.807, 2.05) is 6.07 Å². The molecule has 0 saturated heterocycles. The van der Waals surface area contributed by atoms with Crippen LogP contribution in [0.25, 0.3) is 0 Å². The molecule has 0 saturated carbocycles. The Bertz CT molecular complexity index is 565. The van der Waals surface area contributed by atoms with Crippen molar-refractivity contribution < 1.29 is 19.1 Å². The molecule has 5 heteroatoms. The van der Waals surface area contributed by atoms with Crippen LogP contribution in [-0.2, 0) is 11.3 Å². The predicted molar refractivity (Wildman–Crippen MR) is 73.5 cm³/mol. The maximum Gasteiger partial charge on any atom is 0.325 e. The Kier molecular flexibility index (Phi) is 4.42. The summed E-state index contributed by atoms with van der Waals surface area (Å²) in [6.07, 6.45) is 3.19. The van der Waals surface area contributed by atoms with Crippen LogP contribution in [-0.4, -0.2) is 30.1 Å². The average molecular weight is 275 g/mol. The maximum atomic E-state index is 11.6. The van der Waals surface area contributed by atoms with Gasteiger partial charge in [-0.15, -0.1) is 0 Å². The number of furan rings is 1. The van der Waals surface area contributed by atoms with Crippen LogP contribution in [0.3, 0.4) is 0 Å². The molecule has 0 aliphatic carbocycles. The first-order chi connectivity index (χ1) is 9.61. The van der Waals surface area contributed by atoms with Crippen molar-refractivity contribution in [2.45, 2.75) is 12.6 Å². The molecule has 0 bridgehead atoms. The monoisotopic (exact) mass is 275 g/mol. The lowest BCUT2D eigenvalue weighted by molar-refractivity contribution is -0.143. The van der Waals surface area contributed by atoms with Crippen LogP contribution in [0, 0.1) is 0 Å².